The van der Waals surface area contributed by atoms with Gasteiger partial charge in [0.2, 0.25) is 5.91 Å². The second-order valence-corrected chi connectivity index (χ2v) is 2.27. The molecular weight excluding hydrogens is 148 g/mol. The van der Waals surface area contributed by atoms with Crippen LogP contribution in [-0.2, 0) is 9.53 Å². The van der Waals surface area contributed by atoms with E-state index in [1.54, 1.807) is 13.8 Å². The first-order chi connectivity index (χ1) is 5.04. The maximum Gasteiger partial charge on any atom is 0.427 e. The first-order valence-corrected chi connectivity index (χ1v) is 3.20. The molecule has 0 atom stereocenters. The molecule has 1 radical (unpaired) electrons. The molecule has 2 N–H and O–H groups in total. The predicted octanol–water partition coefficient (Wildman–Crippen LogP) is 0.136. The fourth-order valence-corrected chi connectivity index (χ4v) is 0.377. The van der Waals surface area contributed by atoms with Crippen LogP contribution in [0.3, 0.4) is 0 Å². The van der Waals surface area contributed by atoms with Crippen LogP contribution >= 0.6 is 0 Å². The SMILES string of the molecule is CC(C)C(=O)NCOC([NH])=O. The first kappa shape index (κ1) is 9.74. The molecule has 5 heteroatoms. The molecule has 0 aromatic heterocycles. The Hall–Kier alpha value is -1.26. The average Bonchev–Trinajstić information content (AvgIpc) is 1.86. The number of carbonyl (C=O) groups is 2. The van der Waals surface area contributed by atoms with Crippen LogP contribution in [0.5, 0.6) is 0 Å². The lowest BCUT2D eigenvalue weighted by atomic mass is 10.2. The Labute approximate surface area is 64.9 Å². The molecule has 5 nitrogen and oxygen atoms in total. The number of amides is 2. The number of ether oxygens (including phenoxy) is 1. The number of nitrogens with one attached hydrogen (secondary N) is 2. The van der Waals surface area contributed by atoms with Crippen molar-refractivity contribution in [1.82, 2.24) is 11.1 Å². The summed E-state index contributed by atoms with van der Waals surface area (Å²) < 4.78 is 4.16. The van der Waals surface area contributed by atoms with Gasteiger partial charge in [0.1, 0.15) is 0 Å². The molecule has 0 bridgehead atoms. The van der Waals surface area contributed by atoms with Gasteiger partial charge in [0.15, 0.2) is 6.73 Å². The van der Waals surface area contributed by atoms with Crippen molar-refractivity contribution in [3.05, 3.63) is 0 Å². The average molecular weight is 159 g/mol. The Kier molecular flexibility index (Phi) is 4.02. The van der Waals surface area contributed by atoms with Crippen LogP contribution in [0.2, 0.25) is 0 Å². The van der Waals surface area contributed by atoms with Crippen molar-refractivity contribution in [3.63, 3.8) is 0 Å². The van der Waals surface area contributed by atoms with Crippen molar-refractivity contribution in [1.29, 1.82) is 0 Å². The molecule has 0 unspecified atom stereocenters. The van der Waals surface area contributed by atoms with Crippen molar-refractivity contribution in [3.8, 4) is 0 Å². The van der Waals surface area contributed by atoms with Gasteiger partial charge in [0.25, 0.3) is 0 Å². The van der Waals surface area contributed by atoms with Crippen LogP contribution < -0.4 is 11.1 Å². The van der Waals surface area contributed by atoms with Gasteiger partial charge in [-0.3, -0.25) is 4.79 Å². The van der Waals surface area contributed by atoms with Gasteiger partial charge in [0, 0.05) is 5.92 Å². The predicted molar refractivity (Wildman–Crippen MR) is 37.4 cm³/mol. The van der Waals surface area contributed by atoms with Crippen molar-refractivity contribution in [2.45, 2.75) is 13.8 Å². The van der Waals surface area contributed by atoms with E-state index in [4.69, 9.17) is 5.73 Å². The van der Waals surface area contributed by atoms with Crippen LogP contribution in [0.4, 0.5) is 4.79 Å². The van der Waals surface area contributed by atoms with E-state index in [0.29, 0.717) is 0 Å². The third-order valence-corrected chi connectivity index (χ3v) is 0.974. The highest BCUT2D eigenvalue weighted by Gasteiger charge is 2.05. The third kappa shape index (κ3) is 5.20. The summed E-state index contributed by atoms with van der Waals surface area (Å²) in [6.07, 6.45) is -1.14. The van der Waals surface area contributed by atoms with Crippen molar-refractivity contribution in [2.24, 2.45) is 5.92 Å². The van der Waals surface area contributed by atoms with E-state index in [9.17, 15) is 9.59 Å². The Morgan fingerprint density at radius 3 is 2.45 bits per heavy atom. The molecule has 0 fully saturated rings. The van der Waals surface area contributed by atoms with E-state index in [0.717, 1.165) is 0 Å². The minimum Gasteiger partial charge on any atom is -0.427 e. The molecule has 0 aromatic rings. The normalized spacial score (nSPS) is 9.36. The van der Waals surface area contributed by atoms with Crippen LogP contribution in [0.25, 0.3) is 0 Å². The van der Waals surface area contributed by atoms with Crippen LogP contribution in [0.15, 0.2) is 0 Å². The molecule has 0 aliphatic carbocycles. The van der Waals surface area contributed by atoms with Gasteiger partial charge >= 0.3 is 6.09 Å². The topological polar surface area (TPSA) is 79.2 Å². The molecule has 0 saturated heterocycles. The Morgan fingerprint density at radius 1 is 1.55 bits per heavy atom. The van der Waals surface area contributed by atoms with Gasteiger partial charge in [-0.1, -0.05) is 13.8 Å². The largest absolute Gasteiger partial charge is 0.427 e. The van der Waals surface area contributed by atoms with Crippen LogP contribution in [0, 0.1) is 5.92 Å². The van der Waals surface area contributed by atoms with Gasteiger partial charge in [-0.05, 0) is 0 Å². The summed E-state index contributed by atoms with van der Waals surface area (Å²) in [5.74, 6) is -0.342. The third-order valence-electron chi connectivity index (χ3n) is 0.974. The maximum atomic E-state index is 10.8. The van der Waals surface area contributed by atoms with Crippen LogP contribution in [0.1, 0.15) is 13.8 Å². The first-order valence-electron chi connectivity index (χ1n) is 3.20. The molecule has 63 valence electrons. The number of carbonyl (C=O) groups excluding carboxylic acids is 2. The highest BCUT2D eigenvalue weighted by atomic mass is 16.6. The number of hydrogen-bond acceptors (Lipinski definition) is 3. The number of rotatable bonds is 3. The van der Waals surface area contributed by atoms with Gasteiger partial charge < -0.3 is 10.1 Å². The fraction of sp³-hybridized carbons (Fsp3) is 0.667. The second kappa shape index (κ2) is 4.54. The Morgan fingerprint density at radius 2 is 2.09 bits per heavy atom. The minimum atomic E-state index is -1.14. The quantitative estimate of drug-likeness (QED) is 0.594. The highest BCUT2D eigenvalue weighted by Crippen LogP contribution is 1.89. The maximum absolute atomic E-state index is 10.8. The summed E-state index contributed by atoms with van der Waals surface area (Å²) in [7, 11) is 0. The molecule has 0 aromatic carbocycles. The zero-order valence-electron chi connectivity index (χ0n) is 6.51. The summed E-state index contributed by atoms with van der Waals surface area (Å²) in [4.78, 5) is 20.6. The van der Waals surface area contributed by atoms with E-state index in [-0.39, 0.29) is 18.6 Å². The zero-order chi connectivity index (χ0) is 8.85. The molecule has 0 aliphatic heterocycles. The summed E-state index contributed by atoms with van der Waals surface area (Å²) in [5.41, 5.74) is 6.32. The Balaban J connectivity index is 3.39. The molecule has 11 heavy (non-hydrogen) atoms. The van der Waals surface area contributed by atoms with Gasteiger partial charge in [-0.15, -0.1) is 0 Å². The molecule has 2 amide bonds. The second-order valence-electron chi connectivity index (χ2n) is 2.27. The Bertz CT molecular complexity index is 156. The molecule has 0 saturated carbocycles. The van der Waals surface area contributed by atoms with Crippen molar-refractivity contribution >= 4 is 12.0 Å². The minimum absolute atomic E-state index is 0.139. The van der Waals surface area contributed by atoms with E-state index < -0.39 is 6.09 Å². The molecule has 0 heterocycles. The molecule has 0 rings (SSSR count). The molecule has 0 aliphatic rings. The van der Waals surface area contributed by atoms with Gasteiger partial charge in [-0.2, -0.15) is 0 Å². The van der Waals surface area contributed by atoms with E-state index >= 15 is 0 Å². The van der Waals surface area contributed by atoms with Crippen LogP contribution in [-0.4, -0.2) is 18.7 Å². The smallest absolute Gasteiger partial charge is 0.427 e. The fourth-order valence-electron chi connectivity index (χ4n) is 0.377. The summed E-state index contributed by atoms with van der Waals surface area (Å²) >= 11 is 0. The zero-order valence-corrected chi connectivity index (χ0v) is 6.51. The number of hydrogen-bond donors (Lipinski definition) is 1. The van der Waals surface area contributed by atoms with Gasteiger partial charge in [-0.25, -0.2) is 10.5 Å². The summed E-state index contributed by atoms with van der Waals surface area (Å²) in [6.45, 7) is 3.22. The highest BCUT2D eigenvalue weighted by molar-refractivity contribution is 5.77. The van der Waals surface area contributed by atoms with E-state index in [1.165, 1.54) is 0 Å². The van der Waals surface area contributed by atoms with E-state index in [1.807, 2.05) is 0 Å². The van der Waals surface area contributed by atoms with E-state index in [2.05, 4.69) is 10.1 Å². The molecule has 0 spiro atoms. The lowest BCUT2D eigenvalue weighted by Gasteiger charge is -2.05. The lowest BCUT2D eigenvalue weighted by Crippen LogP contribution is -2.30. The molecular formula is C6H11N2O3. The summed E-state index contributed by atoms with van der Waals surface area (Å²) in [5, 5.41) is 2.31. The van der Waals surface area contributed by atoms with Gasteiger partial charge in [0.05, 0.1) is 0 Å². The standard InChI is InChI=1S/C6H11N2O3/c1-4(2)5(9)8-3-11-6(7)10/h4,7H,3H2,1-2H3,(H,8,9). The lowest BCUT2D eigenvalue weighted by molar-refractivity contribution is -0.125. The van der Waals surface area contributed by atoms with Crippen molar-refractivity contribution < 1.29 is 14.3 Å². The monoisotopic (exact) mass is 159 g/mol. The van der Waals surface area contributed by atoms with Crippen molar-refractivity contribution in [2.75, 3.05) is 6.73 Å². The summed E-state index contributed by atoms with van der Waals surface area (Å²) in [6, 6.07) is 0.